The number of nitrogens with one attached hydrogen (secondary N) is 1. The van der Waals surface area contributed by atoms with E-state index in [-0.39, 0.29) is 24.1 Å². The van der Waals surface area contributed by atoms with Crippen LogP contribution in [-0.4, -0.2) is 58.1 Å². The number of hydrogen-bond acceptors (Lipinski definition) is 8. The summed E-state index contributed by atoms with van der Waals surface area (Å²) in [5, 5.41) is 21.3. The Hall–Kier alpha value is -3.37. The summed E-state index contributed by atoms with van der Waals surface area (Å²) in [6.45, 7) is -0.358. The first-order chi connectivity index (χ1) is 15.5. The second-order valence-corrected chi connectivity index (χ2v) is 7.72. The average molecular weight is 457 g/mol. The summed E-state index contributed by atoms with van der Waals surface area (Å²) in [4.78, 5) is 25.0. The summed E-state index contributed by atoms with van der Waals surface area (Å²) >= 11 is 1.23. The van der Waals surface area contributed by atoms with Crippen molar-refractivity contribution in [3.8, 4) is 11.5 Å². The average Bonchev–Trinajstić information content (AvgIpc) is 3.20. The van der Waals surface area contributed by atoms with Gasteiger partial charge in [0.05, 0.1) is 26.6 Å². The summed E-state index contributed by atoms with van der Waals surface area (Å²) in [6, 6.07) is 12.7. The minimum Gasteiger partial charge on any atom is -0.497 e. The molecule has 0 spiro atoms. The van der Waals surface area contributed by atoms with Crippen molar-refractivity contribution >= 4 is 23.5 Å². The molecular weight excluding hydrogens is 432 g/mol. The van der Waals surface area contributed by atoms with Crippen molar-refractivity contribution in [3.63, 3.8) is 0 Å². The standard InChI is InChI=1S/C22H24N4O5S/c1-26-20(18(12-27)23-21(29)15-6-10-17(31-3)11-7-15)24-25-22(26)32-13-19(28)14-4-8-16(30-2)9-5-14/h4-11,18,27H,12-13H2,1-3H3,(H,23,29)/t18-/m0/s1. The molecule has 0 radical (unpaired) electrons. The predicted octanol–water partition coefficient (Wildman–Crippen LogP) is 2.27. The van der Waals surface area contributed by atoms with Crippen molar-refractivity contribution < 1.29 is 24.2 Å². The van der Waals surface area contributed by atoms with E-state index in [0.717, 1.165) is 0 Å². The third-order valence-electron chi connectivity index (χ3n) is 4.76. The zero-order valence-electron chi connectivity index (χ0n) is 17.9. The van der Waals surface area contributed by atoms with Crippen LogP contribution in [0.1, 0.15) is 32.6 Å². The van der Waals surface area contributed by atoms with Crippen molar-refractivity contribution in [2.45, 2.75) is 11.2 Å². The molecule has 0 aliphatic carbocycles. The van der Waals surface area contributed by atoms with Crippen LogP contribution in [-0.2, 0) is 7.05 Å². The minimum atomic E-state index is -0.756. The molecule has 2 aromatic carbocycles. The lowest BCUT2D eigenvalue weighted by atomic mass is 10.1. The normalized spacial score (nSPS) is 11.6. The van der Waals surface area contributed by atoms with Gasteiger partial charge in [-0.25, -0.2) is 0 Å². The molecular formula is C22H24N4O5S. The lowest BCUT2D eigenvalue weighted by Crippen LogP contribution is -2.32. The van der Waals surface area contributed by atoms with E-state index in [2.05, 4.69) is 15.5 Å². The van der Waals surface area contributed by atoms with Gasteiger partial charge in [0, 0.05) is 18.2 Å². The zero-order valence-corrected chi connectivity index (χ0v) is 18.8. The van der Waals surface area contributed by atoms with Gasteiger partial charge in [0.25, 0.3) is 5.91 Å². The van der Waals surface area contributed by atoms with E-state index < -0.39 is 6.04 Å². The van der Waals surface area contributed by atoms with E-state index in [9.17, 15) is 14.7 Å². The first-order valence-corrected chi connectivity index (χ1v) is 10.7. The van der Waals surface area contributed by atoms with Gasteiger partial charge in [-0.05, 0) is 48.5 Å². The zero-order chi connectivity index (χ0) is 23.1. The first kappa shape index (κ1) is 23.3. The molecule has 10 heteroatoms. The van der Waals surface area contributed by atoms with Crippen LogP contribution in [0.5, 0.6) is 11.5 Å². The third-order valence-corrected chi connectivity index (χ3v) is 5.78. The van der Waals surface area contributed by atoms with Crippen LogP contribution in [0.3, 0.4) is 0 Å². The number of nitrogens with zero attached hydrogens (tertiary/aromatic N) is 3. The molecule has 1 heterocycles. The topological polar surface area (TPSA) is 116 Å². The number of methoxy groups -OCH3 is 2. The Labute approximate surface area is 189 Å². The number of carbonyl (C=O) groups is 2. The maximum absolute atomic E-state index is 12.5. The van der Waals surface area contributed by atoms with Crippen LogP contribution >= 0.6 is 11.8 Å². The van der Waals surface area contributed by atoms with Gasteiger partial charge in [0.2, 0.25) is 0 Å². The molecule has 0 aliphatic heterocycles. The number of carbonyl (C=O) groups excluding carboxylic acids is 2. The van der Waals surface area contributed by atoms with Gasteiger partial charge in [-0.3, -0.25) is 9.59 Å². The van der Waals surface area contributed by atoms with Crippen molar-refractivity contribution in [2.75, 3.05) is 26.6 Å². The number of aromatic nitrogens is 3. The number of hydrogen-bond donors (Lipinski definition) is 2. The van der Waals surface area contributed by atoms with Crippen molar-refractivity contribution in [1.82, 2.24) is 20.1 Å². The number of thioether (sulfide) groups is 1. The molecule has 0 fully saturated rings. The lowest BCUT2D eigenvalue weighted by Gasteiger charge is -2.16. The number of amides is 1. The first-order valence-electron chi connectivity index (χ1n) is 9.72. The number of rotatable bonds is 10. The summed E-state index contributed by atoms with van der Waals surface area (Å²) in [5.74, 6) is 1.44. The van der Waals surface area contributed by atoms with E-state index >= 15 is 0 Å². The second-order valence-electron chi connectivity index (χ2n) is 6.78. The maximum atomic E-state index is 12.5. The summed E-state index contributed by atoms with van der Waals surface area (Å²) in [6.07, 6.45) is 0. The fourth-order valence-corrected chi connectivity index (χ4v) is 3.73. The molecule has 0 saturated carbocycles. The molecule has 9 nitrogen and oxygen atoms in total. The Morgan fingerprint density at radius 3 is 2.09 bits per heavy atom. The fraction of sp³-hybridized carbons (Fsp3) is 0.273. The molecule has 2 N–H and O–H groups in total. The van der Waals surface area contributed by atoms with Gasteiger partial charge in [-0.1, -0.05) is 11.8 Å². The highest BCUT2D eigenvalue weighted by Gasteiger charge is 2.22. The van der Waals surface area contributed by atoms with Crippen LogP contribution < -0.4 is 14.8 Å². The van der Waals surface area contributed by atoms with Crippen molar-refractivity contribution in [2.24, 2.45) is 7.05 Å². The van der Waals surface area contributed by atoms with E-state index in [1.165, 1.54) is 11.8 Å². The number of benzene rings is 2. The number of ketones is 1. The van der Waals surface area contributed by atoms with Crippen molar-refractivity contribution in [1.29, 1.82) is 0 Å². The molecule has 3 rings (SSSR count). The maximum Gasteiger partial charge on any atom is 0.251 e. The Morgan fingerprint density at radius 2 is 1.56 bits per heavy atom. The third kappa shape index (κ3) is 5.45. The van der Waals surface area contributed by atoms with E-state index in [1.54, 1.807) is 74.4 Å². The highest BCUT2D eigenvalue weighted by molar-refractivity contribution is 7.99. The van der Waals surface area contributed by atoms with E-state index in [0.29, 0.717) is 33.6 Å². The van der Waals surface area contributed by atoms with Crippen LogP contribution in [0, 0.1) is 0 Å². The van der Waals surface area contributed by atoms with Crippen LogP contribution in [0.4, 0.5) is 0 Å². The van der Waals surface area contributed by atoms with Gasteiger partial charge >= 0.3 is 0 Å². The van der Waals surface area contributed by atoms with Gasteiger partial charge in [-0.15, -0.1) is 10.2 Å². The quantitative estimate of drug-likeness (QED) is 0.353. The molecule has 3 aromatic rings. The highest BCUT2D eigenvalue weighted by Crippen LogP contribution is 2.21. The van der Waals surface area contributed by atoms with Gasteiger partial charge in [-0.2, -0.15) is 0 Å². The number of aliphatic hydroxyl groups is 1. The molecule has 1 amide bonds. The van der Waals surface area contributed by atoms with E-state index in [1.807, 2.05) is 0 Å². The van der Waals surface area contributed by atoms with Crippen LogP contribution in [0.2, 0.25) is 0 Å². The summed E-state index contributed by atoms with van der Waals surface area (Å²) in [7, 11) is 4.83. The Bertz CT molecular complexity index is 1070. The number of ether oxygens (including phenoxy) is 2. The lowest BCUT2D eigenvalue weighted by molar-refractivity contribution is 0.0911. The molecule has 32 heavy (non-hydrogen) atoms. The smallest absolute Gasteiger partial charge is 0.251 e. The molecule has 1 atom stereocenters. The second kappa shape index (κ2) is 10.8. The SMILES string of the molecule is COc1ccc(C(=O)CSc2nnc([C@H](CO)NC(=O)c3ccc(OC)cc3)n2C)cc1. The molecule has 0 bridgehead atoms. The van der Waals surface area contributed by atoms with E-state index in [4.69, 9.17) is 9.47 Å². The molecule has 168 valence electrons. The predicted molar refractivity (Wildman–Crippen MR) is 119 cm³/mol. The highest BCUT2D eigenvalue weighted by atomic mass is 32.2. The fourth-order valence-electron chi connectivity index (χ4n) is 2.92. The molecule has 0 aliphatic rings. The van der Waals surface area contributed by atoms with Crippen LogP contribution in [0.25, 0.3) is 0 Å². The molecule has 0 saturated heterocycles. The van der Waals surface area contributed by atoms with Gasteiger partial charge in [0.15, 0.2) is 16.8 Å². The molecule has 1 aromatic heterocycles. The van der Waals surface area contributed by atoms with Gasteiger partial charge in [0.1, 0.15) is 17.5 Å². The Balaban J connectivity index is 1.64. The monoisotopic (exact) mass is 456 g/mol. The minimum absolute atomic E-state index is 0.0614. The Kier molecular flexibility index (Phi) is 7.85. The molecule has 0 unspecified atom stereocenters. The number of Topliss-reactive ketones (excluding diaryl/α,β-unsaturated/α-hetero) is 1. The largest absolute Gasteiger partial charge is 0.497 e. The summed E-state index contributed by atoms with van der Waals surface area (Å²) in [5.41, 5.74) is 0.992. The Morgan fingerprint density at radius 1 is 1.00 bits per heavy atom. The van der Waals surface area contributed by atoms with Crippen LogP contribution in [0.15, 0.2) is 53.7 Å². The van der Waals surface area contributed by atoms with Gasteiger partial charge < -0.3 is 24.5 Å². The van der Waals surface area contributed by atoms with Crippen molar-refractivity contribution in [3.05, 3.63) is 65.5 Å². The number of aliphatic hydroxyl groups excluding tert-OH is 1. The summed E-state index contributed by atoms with van der Waals surface area (Å²) < 4.78 is 11.8.